The second-order valence-corrected chi connectivity index (χ2v) is 13.1. The van der Waals surface area contributed by atoms with E-state index in [2.05, 4.69) is 44.3 Å². The summed E-state index contributed by atoms with van der Waals surface area (Å²) < 4.78 is 0. The molecule has 0 unspecified atom stereocenters. The van der Waals surface area contributed by atoms with Crippen molar-refractivity contribution < 1.29 is 19.5 Å². The van der Waals surface area contributed by atoms with Crippen molar-refractivity contribution in [1.82, 2.24) is 20.0 Å². The molecule has 43 heavy (non-hydrogen) atoms. The van der Waals surface area contributed by atoms with Gasteiger partial charge in [0.1, 0.15) is 0 Å². The number of nitrogens with one attached hydrogen (secondary N) is 1. The molecule has 2 saturated carbocycles. The fourth-order valence-corrected chi connectivity index (χ4v) is 7.91. The highest BCUT2D eigenvalue weighted by Crippen LogP contribution is 2.38. The van der Waals surface area contributed by atoms with Gasteiger partial charge in [-0.3, -0.25) is 14.5 Å². The zero-order valence-corrected chi connectivity index (χ0v) is 25.2. The normalized spacial score (nSPS) is 26.0. The molecule has 2 N–H and O–H groups in total. The van der Waals surface area contributed by atoms with Crippen LogP contribution < -0.4 is 5.32 Å². The molecule has 2 aliphatic carbocycles. The van der Waals surface area contributed by atoms with Gasteiger partial charge in [0.05, 0.1) is 12.0 Å². The number of rotatable bonds is 8. The van der Waals surface area contributed by atoms with Gasteiger partial charge in [-0.2, -0.15) is 0 Å². The summed E-state index contributed by atoms with van der Waals surface area (Å²) in [6.45, 7) is 3.47. The van der Waals surface area contributed by atoms with Crippen molar-refractivity contribution in [3.63, 3.8) is 0 Å². The smallest absolute Gasteiger partial charge is 0.321 e. The van der Waals surface area contributed by atoms with Crippen molar-refractivity contribution in [2.24, 2.45) is 5.92 Å². The number of carbonyl (C=O) groups excluding carboxylic acids is 2. The number of amides is 3. The largest absolute Gasteiger partial charge is 0.481 e. The van der Waals surface area contributed by atoms with E-state index in [0.717, 1.165) is 70.3 Å². The third kappa shape index (κ3) is 6.74. The first kappa shape index (κ1) is 29.7. The van der Waals surface area contributed by atoms with E-state index in [1.54, 1.807) is 0 Å². The van der Waals surface area contributed by atoms with E-state index in [4.69, 9.17) is 0 Å². The number of hydrogen-bond acceptors (Lipinski definition) is 4. The number of benzene rings is 2. The highest BCUT2D eigenvalue weighted by atomic mass is 16.4. The van der Waals surface area contributed by atoms with Gasteiger partial charge in [0, 0.05) is 49.9 Å². The topological polar surface area (TPSA) is 93.2 Å². The molecule has 4 fully saturated rings. The summed E-state index contributed by atoms with van der Waals surface area (Å²) in [6, 6.07) is 18.9. The summed E-state index contributed by atoms with van der Waals surface area (Å²) in [4.78, 5) is 45.2. The summed E-state index contributed by atoms with van der Waals surface area (Å²) in [5.74, 6) is -1.53. The van der Waals surface area contributed by atoms with E-state index in [9.17, 15) is 19.5 Å². The van der Waals surface area contributed by atoms with Gasteiger partial charge in [-0.15, -0.1) is 0 Å². The predicted molar refractivity (Wildman–Crippen MR) is 166 cm³/mol. The van der Waals surface area contributed by atoms with E-state index in [-0.39, 0.29) is 30.1 Å². The van der Waals surface area contributed by atoms with Crippen LogP contribution in [0.1, 0.15) is 98.2 Å². The summed E-state index contributed by atoms with van der Waals surface area (Å²) in [5, 5.41) is 12.5. The lowest BCUT2D eigenvalue weighted by atomic mass is 9.84. The average Bonchev–Trinajstić information content (AvgIpc) is 3.39. The molecule has 0 spiro atoms. The molecular formula is C35H46N4O4. The Morgan fingerprint density at radius 2 is 1.47 bits per heavy atom. The molecular weight excluding hydrogens is 540 g/mol. The van der Waals surface area contributed by atoms with E-state index in [1.165, 1.54) is 24.8 Å². The Labute approximate surface area is 255 Å². The number of carboxylic acid groups (broad SMARTS) is 1. The van der Waals surface area contributed by atoms with Crippen molar-refractivity contribution >= 4 is 17.9 Å². The standard InChI is InChI=1S/C35H46N4O4/c40-33(36-31-14-8-7-13-30(31)34(41)42)27-17-15-25(16-18-27)23-37-21-19-29(20-22-37)39-32(26-9-3-1-4-10-26)24-38(35(39)43)28-11-5-2-6-12-28/h1,3-4,9-10,15-18,28-32H,2,5-8,11-14,19-24H2,(H,36,40)(H,41,42)/t30-,31-,32+/m1/s1. The zero-order valence-electron chi connectivity index (χ0n) is 25.2. The van der Waals surface area contributed by atoms with Gasteiger partial charge >= 0.3 is 12.0 Å². The quantitative estimate of drug-likeness (QED) is 0.406. The summed E-state index contributed by atoms with van der Waals surface area (Å²) in [7, 11) is 0. The molecule has 2 heterocycles. The lowest BCUT2D eigenvalue weighted by molar-refractivity contribution is -0.143. The molecule has 4 aliphatic rings. The first-order chi connectivity index (χ1) is 21.0. The molecule has 0 radical (unpaired) electrons. The maximum absolute atomic E-state index is 13.9. The Morgan fingerprint density at radius 3 is 2.16 bits per heavy atom. The van der Waals surface area contributed by atoms with Crippen molar-refractivity contribution in [2.75, 3.05) is 19.6 Å². The number of carboxylic acids is 1. The predicted octanol–water partition coefficient (Wildman–Crippen LogP) is 5.84. The minimum atomic E-state index is -0.824. The lowest BCUT2D eigenvalue weighted by Gasteiger charge is -2.39. The molecule has 230 valence electrons. The van der Waals surface area contributed by atoms with E-state index in [1.807, 2.05) is 30.3 Å². The average molecular weight is 587 g/mol. The highest BCUT2D eigenvalue weighted by molar-refractivity contribution is 5.94. The van der Waals surface area contributed by atoms with Crippen molar-refractivity contribution in [2.45, 2.75) is 101 Å². The van der Waals surface area contributed by atoms with E-state index < -0.39 is 11.9 Å². The van der Waals surface area contributed by atoms with Gasteiger partial charge in [0.15, 0.2) is 0 Å². The molecule has 2 aromatic rings. The van der Waals surface area contributed by atoms with Crippen LogP contribution in [0.3, 0.4) is 0 Å². The second kappa shape index (κ2) is 13.5. The van der Waals surface area contributed by atoms with Crippen LogP contribution in [0.4, 0.5) is 4.79 Å². The molecule has 3 atom stereocenters. The van der Waals surface area contributed by atoms with Crippen molar-refractivity contribution in [3.8, 4) is 0 Å². The first-order valence-corrected chi connectivity index (χ1v) is 16.5. The maximum Gasteiger partial charge on any atom is 0.321 e. The molecule has 2 aliphatic heterocycles. The Morgan fingerprint density at radius 1 is 0.791 bits per heavy atom. The number of carbonyl (C=O) groups is 3. The number of piperidine rings is 1. The van der Waals surface area contributed by atoms with Crippen LogP contribution in [-0.2, 0) is 11.3 Å². The molecule has 2 saturated heterocycles. The molecule has 8 heteroatoms. The van der Waals surface area contributed by atoms with Crippen LogP contribution >= 0.6 is 0 Å². The first-order valence-electron chi connectivity index (χ1n) is 16.5. The lowest BCUT2D eigenvalue weighted by Crippen LogP contribution is -2.48. The van der Waals surface area contributed by atoms with E-state index >= 15 is 0 Å². The molecule has 2 aromatic carbocycles. The number of urea groups is 1. The highest BCUT2D eigenvalue weighted by Gasteiger charge is 2.45. The second-order valence-electron chi connectivity index (χ2n) is 13.1. The molecule has 6 rings (SSSR count). The monoisotopic (exact) mass is 586 g/mol. The Bertz CT molecular complexity index is 1250. The van der Waals surface area contributed by atoms with Gasteiger partial charge in [0.25, 0.3) is 5.91 Å². The fourth-order valence-electron chi connectivity index (χ4n) is 7.91. The van der Waals surface area contributed by atoms with Crippen LogP contribution in [0.2, 0.25) is 0 Å². The number of aliphatic carboxylic acids is 1. The number of hydrogen-bond donors (Lipinski definition) is 2. The minimum Gasteiger partial charge on any atom is -0.481 e. The summed E-state index contributed by atoms with van der Waals surface area (Å²) in [5.41, 5.74) is 2.96. The zero-order chi connectivity index (χ0) is 29.8. The van der Waals surface area contributed by atoms with Gasteiger partial charge in [-0.25, -0.2) is 4.79 Å². The van der Waals surface area contributed by atoms with Crippen LogP contribution in [0, 0.1) is 5.92 Å². The Balaban J connectivity index is 1.05. The Hall–Kier alpha value is -3.39. The molecule has 3 amide bonds. The van der Waals surface area contributed by atoms with Crippen LogP contribution in [0.15, 0.2) is 54.6 Å². The third-order valence-electron chi connectivity index (χ3n) is 10.3. The van der Waals surface area contributed by atoms with Crippen molar-refractivity contribution in [1.29, 1.82) is 0 Å². The van der Waals surface area contributed by atoms with Gasteiger partial charge in [-0.1, -0.05) is 74.6 Å². The Kier molecular flexibility index (Phi) is 9.31. The molecule has 0 bridgehead atoms. The fraction of sp³-hybridized carbons (Fsp3) is 0.571. The van der Waals surface area contributed by atoms with Gasteiger partial charge < -0.3 is 20.2 Å². The molecule has 0 aromatic heterocycles. The van der Waals surface area contributed by atoms with Gasteiger partial charge in [-0.05, 0) is 61.8 Å². The summed E-state index contributed by atoms with van der Waals surface area (Å²) >= 11 is 0. The van der Waals surface area contributed by atoms with Crippen LogP contribution in [0.25, 0.3) is 0 Å². The molecule has 8 nitrogen and oxygen atoms in total. The van der Waals surface area contributed by atoms with Crippen LogP contribution in [-0.4, -0.2) is 75.5 Å². The summed E-state index contributed by atoms with van der Waals surface area (Å²) in [6.07, 6.45) is 11.1. The van der Waals surface area contributed by atoms with Crippen LogP contribution in [0.5, 0.6) is 0 Å². The number of nitrogens with zero attached hydrogens (tertiary/aromatic N) is 3. The maximum atomic E-state index is 13.9. The third-order valence-corrected chi connectivity index (χ3v) is 10.3. The van der Waals surface area contributed by atoms with E-state index in [0.29, 0.717) is 24.4 Å². The van der Waals surface area contributed by atoms with Crippen molar-refractivity contribution in [3.05, 3.63) is 71.3 Å². The minimum absolute atomic E-state index is 0.116. The number of likely N-dealkylation sites (tertiary alicyclic amines) is 1. The van der Waals surface area contributed by atoms with Gasteiger partial charge in [0.2, 0.25) is 0 Å². The SMILES string of the molecule is O=C(N[C@@H]1CCCC[C@H]1C(=O)O)c1ccc(CN2CCC(N3C(=O)N(C4CCCCC4)C[C@H]3c3ccccc3)CC2)cc1.